The van der Waals surface area contributed by atoms with Crippen molar-refractivity contribution in [3.8, 4) is 11.5 Å². The van der Waals surface area contributed by atoms with Gasteiger partial charge in [0, 0.05) is 17.6 Å². The van der Waals surface area contributed by atoms with Gasteiger partial charge < -0.3 is 19.7 Å². The van der Waals surface area contributed by atoms with Crippen molar-refractivity contribution >= 4 is 22.8 Å². The maximum atomic E-state index is 14.1. The zero-order chi connectivity index (χ0) is 28.2. The highest BCUT2D eigenvalue weighted by molar-refractivity contribution is 5.90. The molecule has 4 rings (SSSR count). The number of ether oxygens (including phenoxy) is 2. The molecule has 2 amide bonds. The molecular formula is C29H32FN5O4. The van der Waals surface area contributed by atoms with Gasteiger partial charge in [0.2, 0.25) is 11.8 Å². The third kappa shape index (κ3) is 6.51. The van der Waals surface area contributed by atoms with Gasteiger partial charge in [-0.3, -0.25) is 9.59 Å². The summed E-state index contributed by atoms with van der Waals surface area (Å²) in [5.41, 5.74) is 1.82. The lowest BCUT2D eigenvalue weighted by atomic mass is 9.99. The SMILES string of the molecule is COc1ccc(OC)c([C@@H](C(=O)NC(C)(C)C)N(Cc2ccc(F)cc2)C(=O)Cn2nnc3ccccc32)c1. The molecule has 39 heavy (non-hydrogen) atoms. The van der Waals surface area contributed by atoms with Gasteiger partial charge in [-0.1, -0.05) is 29.5 Å². The van der Waals surface area contributed by atoms with Crippen LogP contribution in [0.1, 0.15) is 37.9 Å². The molecule has 0 bridgehead atoms. The lowest BCUT2D eigenvalue weighted by Crippen LogP contribution is -2.49. The van der Waals surface area contributed by atoms with Gasteiger partial charge in [0.05, 0.1) is 19.7 Å². The number of fused-ring (bicyclic) bond motifs is 1. The van der Waals surface area contributed by atoms with Crippen molar-refractivity contribution < 1.29 is 23.5 Å². The number of rotatable bonds is 9. The van der Waals surface area contributed by atoms with E-state index in [0.717, 1.165) is 0 Å². The van der Waals surface area contributed by atoms with E-state index in [4.69, 9.17) is 9.47 Å². The van der Waals surface area contributed by atoms with Crippen molar-refractivity contribution in [3.63, 3.8) is 0 Å². The van der Waals surface area contributed by atoms with E-state index in [-0.39, 0.29) is 13.1 Å². The molecule has 1 atom stereocenters. The van der Waals surface area contributed by atoms with E-state index in [9.17, 15) is 14.0 Å². The number of benzene rings is 3. The molecule has 1 aromatic heterocycles. The minimum absolute atomic E-state index is 0.0222. The van der Waals surface area contributed by atoms with Crippen molar-refractivity contribution in [2.24, 2.45) is 0 Å². The Morgan fingerprint density at radius 1 is 1.03 bits per heavy atom. The summed E-state index contributed by atoms with van der Waals surface area (Å²) in [5, 5.41) is 11.3. The minimum Gasteiger partial charge on any atom is -0.497 e. The predicted octanol–water partition coefficient (Wildman–Crippen LogP) is 4.27. The standard InChI is InChI=1S/C29H32FN5O4/c1-29(2,3)31-28(37)27(22-16-21(38-4)14-15-25(22)39-5)34(17-19-10-12-20(30)13-11-19)26(36)18-35-24-9-7-6-8-23(24)32-33-35/h6-16,27H,17-18H2,1-5H3,(H,31,37)/t27-/m0/s1. The van der Waals surface area contributed by atoms with Gasteiger partial charge in [-0.25, -0.2) is 9.07 Å². The Morgan fingerprint density at radius 3 is 2.41 bits per heavy atom. The summed E-state index contributed by atoms with van der Waals surface area (Å²) in [6, 6.07) is 17.1. The Labute approximate surface area is 226 Å². The largest absolute Gasteiger partial charge is 0.497 e. The van der Waals surface area contributed by atoms with Gasteiger partial charge in [0.25, 0.3) is 0 Å². The Morgan fingerprint density at radius 2 is 1.74 bits per heavy atom. The molecule has 0 saturated carbocycles. The molecule has 1 heterocycles. The second-order valence-electron chi connectivity index (χ2n) is 10.1. The van der Waals surface area contributed by atoms with E-state index in [1.54, 1.807) is 36.4 Å². The van der Waals surface area contributed by atoms with Gasteiger partial charge in [-0.15, -0.1) is 5.10 Å². The zero-order valence-corrected chi connectivity index (χ0v) is 22.6. The van der Waals surface area contributed by atoms with E-state index in [1.807, 2.05) is 39.0 Å². The molecule has 0 aliphatic rings. The molecule has 3 aromatic carbocycles. The van der Waals surface area contributed by atoms with E-state index >= 15 is 0 Å². The van der Waals surface area contributed by atoms with Crippen LogP contribution in [0.3, 0.4) is 0 Å². The molecule has 0 saturated heterocycles. The number of halogens is 1. The number of nitrogens with zero attached hydrogens (tertiary/aromatic N) is 4. The predicted molar refractivity (Wildman–Crippen MR) is 145 cm³/mol. The molecule has 0 spiro atoms. The van der Waals surface area contributed by atoms with Crippen molar-refractivity contribution in [1.82, 2.24) is 25.2 Å². The van der Waals surface area contributed by atoms with Crippen LogP contribution in [0.15, 0.2) is 66.7 Å². The lowest BCUT2D eigenvalue weighted by molar-refractivity contribution is -0.142. The average molecular weight is 534 g/mol. The Balaban J connectivity index is 1.84. The van der Waals surface area contributed by atoms with Crippen LogP contribution in [0.25, 0.3) is 11.0 Å². The number of carbonyl (C=O) groups excluding carboxylic acids is 2. The van der Waals surface area contributed by atoms with Gasteiger partial charge in [-0.2, -0.15) is 0 Å². The second kappa shape index (κ2) is 11.5. The van der Waals surface area contributed by atoms with Crippen LogP contribution in [-0.2, 0) is 22.7 Å². The summed E-state index contributed by atoms with van der Waals surface area (Å²) < 4.78 is 26.3. The Kier molecular flexibility index (Phi) is 8.13. The Bertz CT molecular complexity index is 1460. The monoisotopic (exact) mass is 533 g/mol. The topological polar surface area (TPSA) is 98.6 Å². The first-order valence-electron chi connectivity index (χ1n) is 12.5. The maximum Gasteiger partial charge on any atom is 0.248 e. The highest BCUT2D eigenvalue weighted by Crippen LogP contribution is 2.35. The van der Waals surface area contributed by atoms with Crippen LogP contribution in [0, 0.1) is 5.82 Å². The quantitative estimate of drug-likeness (QED) is 0.345. The van der Waals surface area contributed by atoms with Crippen molar-refractivity contribution in [1.29, 1.82) is 0 Å². The smallest absolute Gasteiger partial charge is 0.248 e. The summed E-state index contributed by atoms with van der Waals surface area (Å²) >= 11 is 0. The third-order valence-corrected chi connectivity index (χ3v) is 6.08. The number of hydrogen-bond acceptors (Lipinski definition) is 6. The molecule has 0 aliphatic heterocycles. The fourth-order valence-electron chi connectivity index (χ4n) is 4.30. The zero-order valence-electron chi connectivity index (χ0n) is 22.6. The van der Waals surface area contributed by atoms with Crippen molar-refractivity contribution in [3.05, 3.63) is 83.7 Å². The van der Waals surface area contributed by atoms with Crippen LogP contribution in [0.4, 0.5) is 4.39 Å². The fourth-order valence-corrected chi connectivity index (χ4v) is 4.30. The number of para-hydroxylation sites is 1. The highest BCUT2D eigenvalue weighted by atomic mass is 19.1. The van der Waals surface area contributed by atoms with E-state index < -0.39 is 29.2 Å². The van der Waals surface area contributed by atoms with Gasteiger partial charge >= 0.3 is 0 Å². The normalized spacial score (nSPS) is 12.2. The average Bonchev–Trinajstić information content (AvgIpc) is 3.31. The molecule has 0 aliphatic carbocycles. The molecular weight excluding hydrogens is 501 g/mol. The van der Waals surface area contributed by atoms with Gasteiger partial charge in [-0.05, 0) is 68.8 Å². The first kappa shape index (κ1) is 27.6. The second-order valence-corrected chi connectivity index (χ2v) is 10.1. The van der Waals surface area contributed by atoms with E-state index in [0.29, 0.717) is 33.7 Å². The van der Waals surface area contributed by atoms with Crippen LogP contribution >= 0.6 is 0 Å². The molecule has 0 radical (unpaired) electrons. The van der Waals surface area contributed by atoms with Gasteiger partial charge in [0.1, 0.15) is 35.4 Å². The van der Waals surface area contributed by atoms with Crippen LogP contribution in [0.5, 0.6) is 11.5 Å². The first-order valence-corrected chi connectivity index (χ1v) is 12.5. The summed E-state index contributed by atoms with van der Waals surface area (Å²) in [5.74, 6) is -0.298. The van der Waals surface area contributed by atoms with Crippen molar-refractivity contribution in [2.45, 2.75) is 45.4 Å². The molecule has 10 heteroatoms. The number of amides is 2. The number of hydrogen-bond donors (Lipinski definition) is 1. The number of methoxy groups -OCH3 is 2. The number of carbonyl (C=O) groups is 2. The molecule has 0 unspecified atom stereocenters. The van der Waals surface area contributed by atoms with Crippen LogP contribution in [0.2, 0.25) is 0 Å². The number of aromatic nitrogens is 3. The summed E-state index contributed by atoms with van der Waals surface area (Å²) in [6.45, 7) is 5.43. The Hall–Kier alpha value is -4.47. The summed E-state index contributed by atoms with van der Waals surface area (Å²) in [7, 11) is 3.02. The lowest BCUT2D eigenvalue weighted by Gasteiger charge is -2.34. The summed E-state index contributed by atoms with van der Waals surface area (Å²) in [4.78, 5) is 29.5. The van der Waals surface area contributed by atoms with Crippen LogP contribution in [-0.4, -0.2) is 51.5 Å². The molecule has 0 fully saturated rings. The molecule has 204 valence electrons. The van der Waals surface area contributed by atoms with E-state index in [2.05, 4.69) is 15.6 Å². The molecule has 9 nitrogen and oxygen atoms in total. The van der Waals surface area contributed by atoms with E-state index in [1.165, 1.54) is 35.9 Å². The molecule has 4 aromatic rings. The number of nitrogens with one attached hydrogen (secondary N) is 1. The fraction of sp³-hybridized carbons (Fsp3) is 0.310. The first-order chi connectivity index (χ1) is 18.6. The summed E-state index contributed by atoms with van der Waals surface area (Å²) in [6.07, 6.45) is 0. The third-order valence-electron chi connectivity index (χ3n) is 6.08. The maximum absolute atomic E-state index is 14.1. The van der Waals surface area contributed by atoms with Gasteiger partial charge in [0.15, 0.2) is 0 Å². The van der Waals surface area contributed by atoms with Crippen LogP contribution < -0.4 is 14.8 Å². The minimum atomic E-state index is -1.11. The molecule has 1 N–H and O–H groups in total. The van der Waals surface area contributed by atoms with Crippen molar-refractivity contribution in [2.75, 3.05) is 14.2 Å². The highest BCUT2D eigenvalue weighted by Gasteiger charge is 2.36.